The monoisotopic (exact) mass is 134 g/mol. The van der Waals surface area contributed by atoms with Gasteiger partial charge in [0.05, 0.1) is 0 Å². The third kappa shape index (κ3) is 4.13. The lowest BCUT2D eigenvalue weighted by Crippen LogP contribution is -1.94. The first kappa shape index (κ1) is 7.96. The fraction of sp³-hybridized carbons (Fsp3) is 0.833. The van der Waals surface area contributed by atoms with E-state index in [-0.39, 0.29) is 5.38 Å². The summed E-state index contributed by atoms with van der Waals surface area (Å²) in [7, 11) is 0. The fourth-order valence-corrected chi connectivity index (χ4v) is 0.579. The molecule has 0 fully saturated rings. The summed E-state index contributed by atoms with van der Waals surface area (Å²) in [5.41, 5.74) is 0. The number of hydrogen-bond acceptors (Lipinski definition) is 1. The molecule has 0 saturated heterocycles. The molecule has 0 heterocycles. The van der Waals surface area contributed by atoms with Gasteiger partial charge in [0.25, 0.3) is 0 Å². The summed E-state index contributed by atoms with van der Waals surface area (Å²) in [4.78, 5) is 9.77. The summed E-state index contributed by atoms with van der Waals surface area (Å²) in [5.74, 6) is 0. The lowest BCUT2D eigenvalue weighted by Gasteiger charge is -1.99. The molecule has 2 heteroatoms. The minimum Gasteiger partial charge on any atom is -0.303 e. The molecule has 0 aromatic heterocycles. The molecule has 0 spiro atoms. The molecule has 1 nitrogen and oxygen atoms in total. The van der Waals surface area contributed by atoms with Crippen molar-refractivity contribution in [2.75, 3.05) is 0 Å². The average molecular weight is 135 g/mol. The summed E-state index contributed by atoms with van der Waals surface area (Å²) < 4.78 is 0. The van der Waals surface area contributed by atoms with Crippen molar-refractivity contribution in [3.05, 3.63) is 0 Å². The molecule has 8 heavy (non-hydrogen) atoms. The zero-order chi connectivity index (χ0) is 6.41. The first-order valence-electron chi connectivity index (χ1n) is 2.89. The van der Waals surface area contributed by atoms with Crippen molar-refractivity contribution in [2.45, 2.75) is 31.6 Å². The quantitative estimate of drug-likeness (QED) is 0.425. The molecule has 48 valence electrons. The lowest BCUT2D eigenvalue weighted by molar-refractivity contribution is -0.107. The summed E-state index contributed by atoms with van der Waals surface area (Å²) >= 11 is 5.69. The van der Waals surface area contributed by atoms with Gasteiger partial charge < -0.3 is 4.79 Å². The van der Waals surface area contributed by atoms with Crippen LogP contribution < -0.4 is 0 Å². The summed E-state index contributed by atoms with van der Waals surface area (Å²) in [5, 5.41) is 0.195. The van der Waals surface area contributed by atoms with Gasteiger partial charge in [0.1, 0.15) is 6.29 Å². The zero-order valence-electron chi connectivity index (χ0n) is 5.06. The predicted molar refractivity (Wildman–Crippen MR) is 35.2 cm³/mol. The van der Waals surface area contributed by atoms with Crippen molar-refractivity contribution in [1.82, 2.24) is 0 Å². The van der Waals surface area contributed by atoms with E-state index in [1.807, 2.05) is 6.92 Å². The second kappa shape index (κ2) is 5.10. The highest BCUT2D eigenvalue weighted by atomic mass is 35.5. The number of rotatable bonds is 4. The summed E-state index contributed by atoms with van der Waals surface area (Å²) in [6, 6.07) is 0. The Hall–Kier alpha value is -0.0400. The number of carbonyl (C=O) groups excluding carboxylic acids is 1. The summed E-state index contributed by atoms with van der Waals surface area (Å²) in [6.07, 6.45) is 3.28. The smallest absolute Gasteiger partial charge is 0.120 e. The number of aldehydes is 1. The molecule has 0 saturated carbocycles. The third-order valence-electron chi connectivity index (χ3n) is 1.04. The maximum atomic E-state index is 9.77. The van der Waals surface area contributed by atoms with Crippen LogP contribution in [0.3, 0.4) is 0 Å². The molecular weight excluding hydrogens is 124 g/mol. The van der Waals surface area contributed by atoms with Gasteiger partial charge in [0, 0.05) is 11.8 Å². The van der Waals surface area contributed by atoms with Gasteiger partial charge in [-0.25, -0.2) is 0 Å². The number of alkyl halides is 1. The van der Waals surface area contributed by atoms with Crippen LogP contribution in [0, 0.1) is 0 Å². The Morgan fingerprint density at radius 1 is 1.75 bits per heavy atom. The SMILES string of the molecule is CCC(Cl)CCC=O. The second-order valence-corrected chi connectivity index (χ2v) is 2.37. The van der Waals surface area contributed by atoms with E-state index >= 15 is 0 Å². The van der Waals surface area contributed by atoms with E-state index in [0.29, 0.717) is 6.42 Å². The van der Waals surface area contributed by atoms with Crippen molar-refractivity contribution in [3.8, 4) is 0 Å². The van der Waals surface area contributed by atoms with Crippen LogP contribution in [0.4, 0.5) is 0 Å². The average Bonchev–Trinajstić information content (AvgIpc) is 1.83. The van der Waals surface area contributed by atoms with Crippen LogP contribution in [0.5, 0.6) is 0 Å². The van der Waals surface area contributed by atoms with Gasteiger partial charge in [-0.3, -0.25) is 0 Å². The van der Waals surface area contributed by atoms with Gasteiger partial charge in [0.15, 0.2) is 0 Å². The molecular formula is C6H11ClO. The van der Waals surface area contributed by atoms with E-state index in [0.717, 1.165) is 19.1 Å². The van der Waals surface area contributed by atoms with Gasteiger partial charge in [-0.15, -0.1) is 11.6 Å². The maximum Gasteiger partial charge on any atom is 0.120 e. The molecule has 0 aromatic carbocycles. The van der Waals surface area contributed by atoms with E-state index < -0.39 is 0 Å². The van der Waals surface area contributed by atoms with Gasteiger partial charge >= 0.3 is 0 Å². The van der Waals surface area contributed by atoms with Crippen molar-refractivity contribution < 1.29 is 4.79 Å². The zero-order valence-corrected chi connectivity index (χ0v) is 5.82. The van der Waals surface area contributed by atoms with Crippen LogP contribution in [0.15, 0.2) is 0 Å². The molecule has 0 amide bonds. The van der Waals surface area contributed by atoms with Gasteiger partial charge in [-0.1, -0.05) is 6.92 Å². The highest BCUT2D eigenvalue weighted by molar-refractivity contribution is 6.20. The molecule has 0 radical (unpaired) electrons. The largest absolute Gasteiger partial charge is 0.303 e. The van der Waals surface area contributed by atoms with Crippen LogP contribution in [-0.2, 0) is 4.79 Å². The molecule has 0 aliphatic carbocycles. The van der Waals surface area contributed by atoms with Gasteiger partial charge in [0.2, 0.25) is 0 Å². The molecule has 0 aliphatic rings. The Balaban J connectivity index is 2.97. The standard InChI is InChI=1S/C6H11ClO/c1-2-6(7)4-3-5-8/h5-6H,2-4H2,1H3. The first-order valence-corrected chi connectivity index (χ1v) is 3.32. The van der Waals surface area contributed by atoms with Crippen LogP contribution in [-0.4, -0.2) is 11.7 Å². The van der Waals surface area contributed by atoms with E-state index in [9.17, 15) is 4.79 Å². The van der Waals surface area contributed by atoms with E-state index in [1.165, 1.54) is 0 Å². The van der Waals surface area contributed by atoms with Gasteiger partial charge in [-0.05, 0) is 12.8 Å². The molecule has 0 N–H and O–H groups in total. The van der Waals surface area contributed by atoms with Crippen LogP contribution >= 0.6 is 11.6 Å². The van der Waals surface area contributed by atoms with E-state index in [2.05, 4.69) is 0 Å². The van der Waals surface area contributed by atoms with Crippen molar-refractivity contribution >= 4 is 17.9 Å². The van der Waals surface area contributed by atoms with Gasteiger partial charge in [-0.2, -0.15) is 0 Å². The van der Waals surface area contributed by atoms with Crippen molar-refractivity contribution in [3.63, 3.8) is 0 Å². The van der Waals surface area contributed by atoms with Crippen LogP contribution in [0.2, 0.25) is 0 Å². The Morgan fingerprint density at radius 3 is 2.75 bits per heavy atom. The number of carbonyl (C=O) groups is 1. The highest BCUT2D eigenvalue weighted by Gasteiger charge is 1.97. The number of hydrogen-bond donors (Lipinski definition) is 0. The predicted octanol–water partition coefficient (Wildman–Crippen LogP) is 1.98. The molecule has 0 aliphatic heterocycles. The number of halogens is 1. The second-order valence-electron chi connectivity index (χ2n) is 1.75. The Bertz CT molecular complexity index is 63.5. The molecule has 0 aromatic rings. The fourth-order valence-electron chi connectivity index (χ4n) is 0.453. The Morgan fingerprint density at radius 2 is 2.38 bits per heavy atom. The van der Waals surface area contributed by atoms with E-state index in [4.69, 9.17) is 11.6 Å². The normalized spacial score (nSPS) is 13.2. The molecule has 0 bridgehead atoms. The van der Waals surface area contributed by atoms with Crippen LogP contribution in [0.25, 0.3) is 0 Å². The molecule has 1 unspecified atom stereocenters. The third-order valence-corrected chi connectivity index (χ3v) is 1.57. The minimum atomic E-state index is 0.195. The van der Waals surface area contributed by atoms with Crippen molar-refractivity contribution in [1.29, 1.82) is 0 Å². The van der Waals surface area contributed by atoms with Crippen LogP contribution in [0.1, 0.15) is 26.2 Å². The first-order chi connectivity index (χ1) is 3.81. The lowest BCUT2D eigenvalue weighted by atomic mass is 10.2. The Kier molecular flexibility index (Phi) is 5.08. The molecule has 1 atom stereocenters. The highest BCUT2D eigenvalue weighted by Crippen LogP contribution is 2.06. The maximum absolute atomic E-state index is 9.77. The summed E-state index contributed by atoms with van der Waals surface area (Å²) in [6.45, 7) is 2.02. The van der Waals surface area contributed by atoms with E-state index in [1.54, 1.807) is 0 Å². The Labute approximate surface area is 55.0 Å². The van der Waals surface area contributed by atoms with Crippen molar-refractivity contribution in [2.24, 2.45) is 0 Å². The molecule has 0 rings (SSSR count). The topological polar surface area (TPSA) is 17.1 Å². The minimum absolute atomic E-state index is 0.195.